The molecule has 1 aliphatic carbocycles. The number of nitrogens with one attached hydrogen (secondary N) is 1. The summed E-state index contributed by atoms with van der Waals surface area (Å²) >= 11 is 0. The molecule has 1 saturated carbocycles. The van der Waals surface area contributed by atoms with Crippen molar-refractivity contribution >= 4 is 0 Å². The molecule has 88 valence electrons. The summed E-state index contributed by atoms with van der Waals surface area (Å²) in [6, 6.07) is 4.23. The van der Waals surface area contributed by atoms with Crippen molar-refractivity contribution < 1.29 is 0 Å². The van der Waals surface area contributed by atoms with Crippen molar-refractivity contribution in [1.82, 2.24) is 20.1 Å². The second kappa shape index (κ2) is 4.30. The Morgan fingerprint density at radius 2 is 2.29 bits per heavy atom. The third-order valence-electron chi connectivity index (χ3n) is 3.03. The molecule has 0 radical (unpaired) electrons. The van der Waals surface area contributed by atoms with Crippen LogP contribution in [0.3, 0.4) is 0 Å². The minimum absolute atomic E-state index is 0.699. The van der Waals surface area contributed by atoms with Crippen LogP contribution in [-0.2, 0) is 6.54 Å². The van der Waals surface area contributed by atoms with E-state index in [0.717, 1.165) is 12.2 Å². The zero-order valence-corrected chi connectivity index (χ0v) is 9.93. The average Bonchev–Trinajstić information content (AvgIpc) is 3.08. The topological polar surface area (TPSA) is 42.7 Å². The van der Waals surface area contributed by atoms with E-state index in [-0.39, 0.29) is 0 Å². The molecule has 0 atom stereocenters. The van der Waals surface area contributed by atoms with Crippen LogP contribution in [0, 0.1) is 0 Å². The number of rotatable bonds is 4. The van der Waals surface area contributed by atoms with Crippen LogP contribution in [0.25, 0.3) is 5.69 Å². The maximum absolute atomic E-state index is 4.60. The summed E-state index contributed by atoms with van der Waals surface area (Å²) in [6.45, 7) is 0.831. The van der Waals surface area contributed by atoms with Gasteiger partial charge < -0.3 is 5.32 Å². The van der Waals surface area contributed by atoms with Crippen LogP contribution in [0.2, 0.25) is 0 Å². The molecule has 0 unspecified atom stereocenters. The van der Waals surface area contributed by atoms with E-state index in [1.54, 1.807) is 0 Å². The van der Waals surface area contributed by atoms with Crippen molar-refractivity contribution in [3.05, 3.63) is 42.0 Å². The highest BCUT2D eigenvalue weighted by Gasteiger charge is 2.25. The Morgan fingerprint density at radius 3 is 3.06 bits per heavy atom. The van der Waals surface area contributed by atoms with E-state index < -0.39 is 0 Å². The van der Waals surface area contributed by atoms with Gasteiger partial charge in [0.2, 0.25) is 0 Å². The van der Waals surface area contributed by atoms with Gasteiger partial charge in [-0.3, -0.25) is 4.98 Å². The Morgan fingerprint density at radius 1 is 1.41 bits per heavy atom. The second-order valence-corrected chi connectivity index (χ2v) is 4.54. The van der Waals surface area contributed by atoms with Gasteiger partial charge in [0.05, 0.1) is 17.6 Å². The van der Waals surface area contributed by atoms with Gasteiger partial charge in [-0.1, -0.05) is 0 Å². The summed E-state index contributed by atoms with van der Waals surface area (Å²) in [6.07, 6.45) is 8.33. The molecule has 0 aromatic carbocycles. The van der Waals surface area contributed by atoms with Crippen LogP contribution in [0.15, 0.2) is 30.7 Å². The van der Waals surface area contributed by atoms with Crippen molar-refractivity contribution in [2.24, 2.45) is 0 Å². The van der Waals surface area contributed by atoms with E-state index in [1.165, 1.54) is 24.1 Å². The lowest BCUT2D eigenvalue weighted by atomic mass is 10.2. The van der Waals surface area contributed by atoms with Crippen LogP contribution in [0.5, 0.6) is 0 Å². The normalized spacial score (nSPS) is 15.1. The van der Waals surface area contributed by atoms with E-state index in [4.69, 9.17) is 0 Å². The van der Waals surface area contributed by atoms with Gasteiger partial charge in [-0.25, -0.2) is 4.68 Å². The molecular weight excluding hydrogens is 212 g/mol. The van der Waals surface area contributed by atoms with Gasteiger partial charge in [0.15, 0.2) is 0 Å². The first kappa shape index (κ1) is 10.5. The molecule has 1 N–H and O–H groups in total. The molecule has 0 spiro atoms. The van der Waals surface area contributed by atoms with E-state index >= 15 is 0 Å². The molecule has 1 aliphatic rings. The van der Waals surface area contributed by atoms with E-state index in [9.17, 15) is 0 Å². The van der Waals surface area contributed by atoms with Gasteiger partial charge in [-0.2, -0.15) is 5.10 Å². The number of nitrogens with zero attached hydrogens (tertiary/aromatic N) is 3. The van der Waals surface area contributed by atoms with Crippen LogP contribution in [0.1, 0.15) is 30.0 Å². The number of pyridine rings is 1. The zero-order chi connectivity index (χ0) is 11.7. The monoisotopic (exact) mass is 228 g/mol. The zero-order valence-electron chi connectivity index (χ0n) is 9.93. The van der Waals surface area contributed by atoms with Crippen LogP contribution in [0.4, 0.5) is 0 Å². The Labute approximate surface area is 101 Å². The lowest BCUT2D eigenvalue weighted by molar-refractivity contribution is 0.798. The first-order valence-corrected chi connectivity index (χ1v) is 6.01. The van der Waals surface area contributed by atoms with Gasteiger partial charge in [0, 0.05) is 24.9 Å². The van der Waals surface area contributed by atoms with Crippen molar-refractivity contribution in [2.75, 3.05) is 7.05 Å². The summed E-state index contributed by atoms with van der Waals surface area (Å²) in [4.78, 5) is 4.25. The molecule has 1 fully saturated rings. The largest absolute Gasteiger partial charge is 0.316 e. The van der Waals surface area contributed by atoms with Crippen molar-refractivity contribution in [3.63, 3.8) is 0 Å². The van der Waals surface area contributed by atoms with E-state index in [2.05, 4.69) is 27.5 Å². The SMILES string of the molecule is CNCc1cncc(-n2ccc(C3CC3)n2)c1. The summed E-state index contributed by atoms with van der Waals surface area (Å²) < 4.78 is 1.92. The molecule has 4 nitrogen and oxygen atoms in total. The molecule has 2 aromatic rings. The summed E-state index contributed by atoms with van der Waals surface area (Å²) in [5.41, 5.74) is 3.42. The van der Waals surface area contributed by atoms with Crippen molar-refractivity contribution in [1.29, 1.82) is 0 Å². The fourth-order valence-electron chi connectivity index (χ4n) is 1.98. The lowest BCUT2D eigenvalue weighted by Crippen LogP contribution is -2.06. The van der Waals surface area contributed by atoms with Gasteiger partial charge in [-0.15, -0.1) is 0 Å². The molecule has 4 heteroatoms. The molecule has 2 aromatic heterocycles. The highest BCUT2D eigenvalue weighted by molar-refractivity contribution is 5.32. The standard InChI is InChI=1S/C13H16N4/c1-14-7-10-6-12(9-15-8-10)17-5-4-13(16-17)11-2-3-11/h4-6,8-9,11,14H,2-3,7H2,1H3. The Hall–Kier alpha value is -1.68. The van der Waals surface area contributed by atoms with Gasteiger partial charge in [0.25, 0.3) is 0 Å². The van der Waals surface area contributed by atoms with Crippen molar-refractivity contribution in [3.8, 4) is 5.69 Å². The Bertz CT molecular complexity index is 514. The van der Waals surface area contributed by atoms with Crippen LogP contribution >= 0.6 is 0 Å². The molecule has 0 bridgehead atoms. The third kappa shape index (κ3) is 2.22. The summed E-state index contributed by atoms with van der Waals surface area (Å²) in [5, 5.41) is 7.73. The minimum atomic E-state index is 0.699. The van der Waals surface area contributed by atoms with Gasteiger partial charge in [0.1, 0.15) is 0 Å². The minimum Gasteiger partial charge on any atom is -0.316 e. The second-order valence-electron chi connectivity index (χ2n) is 4.54. The van der Waals surface area contributed by atoms with Crippen molar-refractivity contribution in [2.45, 2.75) is 25.3 Å². The maximum Gasteiger partial charge on any atom is 0.0832 e. The smallest absolute Gasteiger partial charge is 0.0832 e. The summed E-state index contributed by atoms with van der Waals surface area (Å²) in [5.74, 6) is 0.699. The number of hydrogen-bond acceptors (Lipinski definition) is 3. The molecule has 2 heterocycles. The molecule has 0 saturated heterocycles. The Kier molecular flexibility index (Phi) is 2.65. The van der Waals surface area contributed by atoms with Crippen LogP contribution < -0.4 is 5.32 Å². The van der Waals surface area contributed by atoms with Gasteiger partial charge in [-0.05, 0) is 37.6 Å². The molecular formula is C13H16N4. The predicted octanol–water partition coefficient (Wildman–Crippen LogP) is 1.86. The fraction of sp³-hybridized carbons (Fsp3) is 0.385. The molecule has 0 amide bonds. The van der Waals surface area contributed by atoms with E-state index in [1.807, 2.05) is 30.3 Å². The van der Waals surface area contributed by atoms with E-state index in [0.29, 0.717) is 5.92 Å². The first-order chi connectivity index (χ1) is 8.36. The number of aromatic nitrogens is 3. The molecule has 3 rings (SSSR count). The number of hydrogen-bond donors (Lipinski definition) is 1. The first-order valence-electron chi connectivity index (χ1n) is 6.01. The highest BCUT2D eigenvalue weighted by Crippen LogP contribution is 2.38. The quantitative estimate of drug-likeness (QED) is 0.868. The average molecular weight is 228 g/mol. The molecule has 0 aliphatic heterocycles. The Balaban J connectivity index is 1.88. The molecule has 17 heavy (non-hydrogen) atoms. The van der Waals surface area contributed by atoms with Gasteiger partial charge >= 0.3 is 0 Å². The summed E-state index contributed by atoms with van der Waals surface area (Å²) in [7, 11) is 1.94. The maximum atomic E-state index is 4.60. The lowest BCUT2D eigenvalue weighted by Gasteiger charge is -2.04. The third-order valence-corrected chi connectivity index (χ3v) is 3.03. The van der Waals surface area contributed by atoms with Crippen LogP contribution in [-0.4, -0.2) is 21.8 Å². The predicted molar refractivity (Wildman–Crippen MR) is 66.1 cm³/mol. The highest BCUT2D eigenvalue weighted by atomic mass is 15.3. The fourth-order valence-corrected chi connectivity index (χ4v) is 1.98.